The van der Waals surface area contributed by atoms with Gasteiger partial charge in [0.2, 0.25) is 0 Å². The lowest BCUT2D eigenvalue weighted by molar-refractivity contribution is 1.02. The summed E-state index contributed by atoms with van der Waals surface area (Å²) in [5.41, 5.74) is 12.1. The number of allylic oxidation sites excluding steroid dienone is 1. The molecule has 0 fully saturated rings. The average Bonchev–Trinajstić information content (AvgIpc) is 3.68. The largest absolute Gasteiger partial charge is 0.309 e. The van der Waals surface area contributed by atoms with E-state index in [1.54, 1.807) is 0 Å². The van der Waals surface area contributed by atoms with Crippen LogP contribution in [0.3, 0.4) is 0 Å². The fourth-order valence-electron chi connectivity index (χ4n) is 8.86. The number of aromatic nitrogens is 1. The van der Waals surface area contributed by atoms with Crippen molar-refractivity contribution in [2.24, 2.45) is 0 Å². The van der Waals surface area contributed by atoms with Crippen molar-refractivity contribution in [3.8, 4) is 39.1 Å². The Balaban J connectivity index is 1.27. The summed E-state index contributed by atoms with van der Waals surface area (Å²) in [6, 6.07) is 69.5. The van der Waals surface area contributed by atoms with E-state index < -0.39 is 0 Å². The maximum atomic E-state index is 2.49. The molecular formula is C54H37NS. The molecule has 0 spiro atoms. The fraction of sp³-hybridized carbons (Fsp3) is 0.0370. The number of hydrogen-bond donors (Lipinski definition) is 0. The van der Waals surface area contributed by atoms with Gasteiger partial charge in [-0.2, -0.15) is 0 Å². The van der Waals surface area contributed by atoms with Crippen LogP contribution in [-0.2, 0) is 6.42 Å². The molecule has 1 aliphatic carbocycles. The third kappa shape index (κ3) is 5.45. The molecule has 1 aliphatic rings. The quantitative estimate of drug-likeness (QED) is 0.170. The normalized spacial score (nSPS) is 12.4. The zero-order valence-electron chi connectivity index (χ0n) is 30.8. The Morgan fingerprint density at radius 3 is 1.50 bits per heavy atom. The molecule has 0 aliphatic heterocycles. The van der Waals surface area contributed by atoms with Gasteiger partial charge in [-0.15, -0.1) is 11.3 Å². The number of thiophene rings is 1. The van der Waals surface area contributed by atoms with Crippen LogP contribution in [0.25, 0.3) is 98.6 Å². The number of nitrogens with zero attached hydrogens (tertiary/aromatic N) is 1. The molecule has 264 valence electrons. The second kappa shape index (κ2) is 13.5. The highest BCUT2D eigenvalue weighted by Crippen LogP contribution is 2.42. The van der Waals surface area contributed by atoms with Crippen molar-refractivity contribution >= 4 is 70.8 Å². The van der Waals surface area contributed by atoms with Gasteiger partial charge in [-0.05, 0) is 116 Å². The molecule has 2 heteroatoms. The molecule has 56 heavy (non-hydrogen) atoms. The highest BCUT2D eigenvalue weighted by Gasteiger charge is 2.17. The van der Waals surface area contributed by atoms with Crippen LogP contribution >= 0.6 is 11.3 Å². The summed E-state index contributed by atoms with van der Waals surface area (Å²) in [5, 5.41) is 8.65. The first-order chi connectivity index (χ1) is 27.8. The summed E-state index contributed by atoms with van der Waals surface area (Å²) in [7, 11) is 0. The van der Waals surface area contributed by atoms with Gasteiger partial charge in [-0.1, -0.05) is 158 Å². The zero-order chi connectivity index (χ0) is 37.0. The van der Waals surface area contributed by atoms with Crippen molar-refractivity contribution in [3.63, 3.8) is 0 Å². The van der Waals surface area contributed by atoms with Crippen LogP contribution in [0.4, 0.5) is 0 Å². The minimum atomic E-state index is 1.12. The van der Waals surface area contributed by atoms with Crippen LogP contribution in [0.1, 0.15) is 16.9 Å². The van der Waals surface area contributed by atoms with Gasteiger partial charge in [0, 0.05) is 31.4 Å². The Bertz CT molecular complexity index is 3070. The van der Waals surface area contributed by atoms with Crippen molar-refractivity contribution in [1.82, 2.24) is 4.57 Å². The Labute approximate surface area is 330 Å². The van der Waals surface area contributed by atoms with E-state index in [1.165, 1.54) is 86.2 Å². The molecule has 0 amide bonds. The summed E-state index contributed by atoms with van der Waals surface area (Å²) >= 11 is 1.95. The van der Waals surface area contributed by atoms with Crippen molar-refractivity contribution in [2.45, 2.75) is 12.8 Å². The Morgan fingerprint density at radius 1 is 0.411 bits per heavy atom. The highest BCUT2D eigenvalue weighted by atomic mass is 32.1. The maximum absolute atomic E-state index is 2.49. The van der Waals surface area contributed by atoms with E-state index in [1.807, 2.05) is 11.3 Å². The van der Waals surface area contributed by atoms with E-state index >= 15 is 0 Å². The summed E-state index contributed by atoms with van der Waals surface area (Å²) in [6.45, 7) is 0. The molecule has 0 saturated heterocycles. The average molecular weight is 732 g/mol. The molecule has 8 aromatic carbocycles. The number of fused-ring (bicyclic) bond motifs is 10. The lowest BCUT2D eigenvalue weighted by atomic mass is 9.95. The van der Waals surface area contributed by atoms with Gasteiger partial charge >= 0.3 is 0 Å². The van der Waals surface area contributed by atoms with Crippen LogP contribution in [-0.4, -0.2) is 4.57 Å². The molecule has 0 saturated carbocycles. The maximum Gasteiger partial charge on any atom is 0.0540 e. The lowest BCUT2D eigenvalue weighted by Crippen LogP contribution is -1.98. The molecule has 2 aromatic heterocycles. The van der Waals surface area contributed by atoms with E-state index in [4.69, 9.17) is 0 Å². The summed E-state index contributed by atoms with van der Waals surface area (Å²) in [5.74, 6) is 0. The van der Waals surface area contributed by atoms with Crippen LogP contribution in [0.15, 0.2) is 194 Å². The smallest absolute Gasteiger partial charge is 0.0540 e. The Kier molecular flexibility index (Phi) is 7.89. The van der Waals surface area contributed by atoms with E-state index in [0.29, 0.717) is 0 Å². The van der Waals surface area contributed by atoms with Gasteiger partial charge in [-0.3, -0.25) is 0 Å². The molecule has 0 bridgehead atoms. The fourth-order valence-corrected chi connectivity index (χ4v) is 10.1. The monoisotopic (exact) mass is 731 g/mol. The topological polar surface area (TPSA) is 4.93 Å². The third-order valence-corrected chi connectivity index (χ3v) is 12.7. The molecule has 1 nitrogen and oxygen atoms in total. The standard InChI is InChI=1S/C54H37NS/c1-3-14-36(15-4-1)39-28-32-50-48(34-39)45-20-9-7-18-43(45)44-19-8-10-21-46(44)49-35-40(37-16-5-2-6-17-37)29-33-51(49)55(50)41-30-26-38(27-31-41)42-23-13-25-53-54(42)47-22-11-12-24-52(47)56-53/h1-11,13-23,25-35H,12,24H2. The summed E-state index contributed by atoms with van der Waals surface area (Å²) in [4.78, 5) is 1.50. The van der Waals surface area contributed by atoms with Gasteiger partial charge in [0.25, 0.3) is 0 Å². The first-order valence-corrected chi connectivity index (χ1v) is 20.3. The SMILES string of the molecule is C1=Cc2c(sc3cccc(-c4ccc(-n5c6ccc(-c7ccccc7)cc6c6ccccc6c6ccccc6c6cc(-c7ccccc7)ccc65)cc4)c23)CC1. The Hall–Kier alpha value is -6.74. The number of aryl methyl sites for hydroxylation is 1. The van der Waals surface area contributed by atoms with Crippen LogP contribution in [0.2, 0.25) is 0 Å². The van der Waals surface area contributed by atoms with Gasteiger partial charge < -0.3 is 4.57 Å². The molecule has 0 unspecified atom stereocenters. The van der Waals surface area contributed by atoms with E-state index in [2.05, 4.69) is 205 Å². The molecule has 2 heterocycles. The van der Waals surface area contributed by atoms with Gasteiger partial charge in [0.15, 0.2) is 0 Å². The predicted octanol–water partition coefficient (Wildman–Crippen LogP) is 15.4. The third-order valence-electron chi connectivity index (χ3n) is 11.5. The molecule has 0 N–H and O–H groups in total. The highest BCUT2D eigenvalue weighted by molar-refractivity contribution is 7.19. The van der Waals surface area contributed by atoms with E-state index in [9.17, 15) is 0 Å². The second-order valence-electron chi connectivity index (χ2n) is 14.7. The molecule has 0 radical (unpaired) electrons. The van der Waals surface area contributed by atoms with Crippen LogP contribution < -0.4 is 0 Å². The van der Waals surface area contributed by atoms with Crippen LogP contribution in [0.5, 0.6) is 0 Å². The lowest BCUT2D eigenvalue weighted by Gasteiger charge is -2.16. The zero-order valence-corrected chi connectivity index (χ0v) is 31.6. The summed E-state index contributed by atoms with van der Waals surface area (Å²) in [6.07, 6.45) is 6.92. The van der Waals surface area contributed by atoms with E-state index in [0.717, 1.165) is 29.6 Å². The van der Waals surface area contributed by atoms with Gasteiger partial charge in [0.05, 0.1) is 11.0 Å². The van der Waals surface area contributed by atoms with Gasteiger partial charge in [-0.25, -0.2) is 0 Å². The predicted molar refractivity (Wildman–Crippen MR) is 242 cm³/mol. The minimum absolute atomic E-state index is 1.12. The van der Waals surface area contributed by atoms with E-state index in [-0.39, 0.29) is 0 Å². The number of benzene rings is 8. The van der Waals surface area contributed by atoms with Gasteiger partial charge in [0.1, 0.15) is 0 Å². The van der Waals surface area contributed by atoms with Crippen molar-refractivity contribution in [2.75, 3.05) is 0 Å². The number of rotatable bonds is 4. The van der Waals surface area contributed by atoms with Crippen molar-refractivity contribution in [1.29, 1.82) is 0 Å². The second-order valence-corrected chi connectivity index (χ2v) is 15.9. The summed E-state index contributed by atoms with van der Waals surface area (Å²) < 4.78 is 3.86. The van der Waals surface area contributed by atoms with Crippen molar-refractivity contribution < 1.29 is 0 Å². The molecular weight excluding hydrogens is 695 g/mol. The number of hydrogen-bond acceptors (Lipinski definition) is 1. The molecule has 11 rings (SSSR count). The van der Waals surface area contributed by atoms with Crippen molar-refractivity contribution in [3.05, 3.63) is 205 Å². The Morgan fingerprint density at radius 2 is 0.929 bits per heavy atom. The first kappa shape index (κ1) is 32.7. The van der Waals surface area contributed by atoms with Crippen LogP contribution in [0, 0.1) is 0 Å². The minimum Gasteiger partial charge on any atom is -0.309 e. The molecule has 0 atom stereocenters. The first-order valence-electron chi connectivity index (χ1n) is 19.5. The molecule has 10 aromatic rings.